The molecule has 5 atom stereocenters. The molecule has 3 amide bonds. The smallest absolute Gasteiger partial charge is 0.327 e. The largest absolute Gasteiger partial charge is 0.480 e. The number of hydrogen-bond donors (Lipinski definition) is 5. The molecule has 0 radical (unpaired) electrons. The number of likely N-dealkylation sites (tertiary alicyclic amines) is 1. The molecular weight excluding hydrogens is 444 g/mol. The van der Waals surface area contributed by atoms with E-state index in [1.165, 1.54) is 4.90 Å². The van der Waals surface area contributed by atoms with Crippen LogP contribution in [0.1, 0.15) is 38.7 Å². The number of nitrogens with zero attached hydrogens (tertiary/aromatic N) is 1. The monoisotopic (exact) mass is 478 g/mol. The van der Waals surface area contributed by atoms with E-state index in [1.807, 2.05) is 44.2 Å². The molecule has 9 nitrogen and oxygen atoms in total. The molecule has 0 bridgehead atoms. The number of carboxylic acid groups (broad SMARTS) is 1. The Morgan fingerprint density at radius 1 is 1.18 bits per heavy atom. The van der Waals surface area contributed by atoms with Crippen LogP contribution in [0.3, 0.4) is 0 Å². The predicted molar refractivity (Wildman–Crippen MR) is 128 cm³/mol. The Bertz CT molecular complexity index is 837. The highest BCUT2D eigenvalue weighted by Gasteiger charge is 2.39. The summed E-state index contributed by atoms with van der Waals surface area (Å²) in [6, 6.07) is 5.66. The molecule has 1 aromatic rings. The third kappa shape index (κ3) is 7.20. The third-order valence-electron chi connectivity index (χ3n) is 6.09. The number of nitrogens with one attached hydrogen (secondary N) is 2. The van der Waals surface area contributed by atoms with Gasteiger partial charge in [-0.05, 0) is 24.3 Å². The first-order valence-electron chi connectivity index (χ1n) is 11.2. The second-order valence-electron chi connectivity index (χ2n) is 8.43. The summed E-state index contributed by atoms with van der Waals surface area (Å²) in [6.45, 7) is 4.15. The SMILES string of the molecule is CCC(C)C(N)C(=O)NC(Cc1ccccc1)C(=O)N1CCCC1C(=O)NC(CS)C(=O)O. The second-order valence-corrected chi connectivity index (χ2v) is 8.80. The highest BCUT2D eigenvalue weighted by atomic mass is 32.1. The van der Waals surface area contributed by atoms with Crippen molar-refractivity contribution in [3.63, 3.8) is 0 Å². The molecule has 1 aliphatic heterocycles. The van der Waals surface area contributed by atoms with Crippen LogP contribution >= 0.6 is 12.6 Å². The van der Waals surface area contributed by atoms with Crippen molar-refractivity contribution in [1.29, 1.82) is 0 Å². The highest BCUT2D eigenvalue weighted by Crippen LogP contribution is 2.20. The molecule has 1 fully saturated rings. The van der Waals surface area contributed by atoms with E-state index in [0.717, 1.165) is 12.0 Å². The van der Waals surface area contributed by atoms with Gasteiger partial charge in [0.15, 0.2) is 0 Å². The molecule has 0 spiro atoms. The summed E-state index contributed by atoms with van der Waals surface area (Å²) in [4.78, 5) is 51.7. The number of carbonyl (C=O) groups is 4. The van der Waals surface area contributed by atoms with Crippen LogP contribution in [0.25, 0.3) is 0 Å². The topological polar surface area (TPSA) is 142 Å². The molecular formula is C23H34N4O5S. The van der Waals surface area contributed by atoms with Crippen molar-refractivity contribution in [2.75, 3.05) is 12.3 Å². The molecule has 2 rings (SSSR count). The van der Waals surface area contributed by atoms with Crippen LogP contribution in [-0.4, -0.2) is 70.2 Å². The quantitative estimate of drug-likeness (QED) is 0.295. The van der Waals surface area contributed by atoms with E-state index in [2.05, 4.69) is 23.3 Å². The lowest BCUT2D eigenvalue weighted by Crippen LogP contribution is -2.58. The van der Waals surface area contributed by atoms with Gasteiger partial charge in [0, 0.05) is 18.7 Å². The zero-order chi connectivity index (χ0) is 24.5. The Labute approximate surface area is 199 Å². The van der Waals surface area contributed by atoms with Crippen LogP contribution in [0, 0.1) is 5.92 Å². The summed E-state index contributed by atoms with van der Waals surface area (Å²) < 4.78 is 0. The van der Waals surface area contributed by atoms with Crippen LogP contribution in [0.4, 0.5) is 0 Å². The van der Waals surface area contributed by atoms with Gasteiger partial charge in [0.1, 0.15) is 18.1 Å². The van der Waals surface area contributed by atoms with E-state index in [-0.39, 0.29) is 24.0 Å². The molecule has 0 saturated carbocycles. The van der Waals surface area contributed by atoms with Crippen molar-refractivity contribution < 1.29 is 24.3 Å². The number of amides is 3. The lowest BCUT2D eigenvalue weighted by molar-refractivity contribution is -0.144. The van der Waals surface area contributed by atoms with Crippen LogP contribution in [0.2, 0.25) is 0 Å². The van der Waals surface area contributed by atoms with Crippen molar-refractivity contribution >= 4 is 36.3 Å². The summed E-state index contributed by atoms with van der Waals surface area (Å²) >= 11 is 3.97. The summed E-state index contributed by atoms with van der Waals surface area (Å²) in [5.74, 6) is -2.66. The molecule has 5 N–H and O–H groups in total. The summed E-state index contributed by atoms with van der Waals surface area (Å²) in [5.41, 5.74) is 6.93. The van der Waals surface area contributed by atoms with Gasteiger partial charge in [0.25, 0.3) is 0 Å². The minimum Gasteiger partial charge on any atom is -0.480 e. The number of aliphatic carboxylic acids is 1. The van der Waals surface area contributed by atoms with Crippen molar-refractivity contribution in [3.05, 3.63) is 35.9 Å². The second kappa shape index (κ2) is 12.6. The number of nitrogens with two attached hydrogens (primary N) is 1. The molecule has 33 heavy (non-hydrogen) atoms. The van der Waals surface area contributed by atoms with E-state index >= 15 is 0 Å². The average molecular weight is 479 g/mol. The first-order chi connectivity index (χ1) is 15.7. The number of rotatable bonds is 11. The van der Waals surface area contributed by atoms with Gasteiger partial charge in [-0.2, -0.15) is 12.6 Å². The standard InChI is InChI=1S/C23H34N4O5S/c1-3-14(2)19(24)21(29)25-16(12-15-8-5-4-6-9-15)22(30)27-11-7-10-18(27)20(28)26-17(13-33)23(31)32/h4-6,8-9,14,16-19,33H,3,7,10-13,24H2,1-2H3,(H,25,29)(H,26,28)(H,31,32). The maximum Gasteiger partial charge on any atom is 0.327 e. The van der Waals surface area contributed by atoms with Crippen molar-refractivity contribution in [2.45, 2.75) is 63.7 Å². The third-order valence-corrected chi connectivity index (χ3v) is 6.46. The maximum atomic E-state index is 13.5. The van der Waals surface area contributed by atoms with Crippen LogP contribution in [-0.2, 0) is 25.6 Å². The molecule has 1 saturated heterocycles. The van der Waals surface area contributed by atoms with Crippen molar-refractivity contribution in [1.82, 2.24) is 15.5 Å². The fourth-order valence-corrected chi connectivity index (χ4v) is 4.03. The molecule has 1 heterocycles. The fraction of sp³-hybridized carbons (Fsp3) is 0.565. The molecule has 1 aliphatic rings. The summed E-state index contributed by atoms with van der Waals surface area (Å²) in [6.07, 6.45) is 1.98. The van der Waals surface area contributed by atoms with Gasteiger partial charge >= 0.3 is 5.97 Å². The minimum absolute atomic E-state index is 0.0584. The Balaban J connectivity index is 2.21. The number of carboxylic acids is 1. The van der Waals surface area contributed by atoms with Gasteiger partial charge in [-0.3, -0.25) is 14.4 Å². The predicted octanol–water partition coefficient (Wildman–Crippen LogP) is 0.578. The van der Waals surface area contributed by atoms with Crippen molar-refractivity contribution in [2.24, 2.45) is 11.7 Å². The van der Waals surface area contributed by atoms with E-state index in [9.17, 15) is 24.3 Å². The first-order valence-corrected chi connectivity index (χ1v) is 11.9. The van der Waals surface area contributed by atoms with E-state index in [0.29, 0.717) is 19.4 Å². The lowest BCUT2D eigenvalue weighted by Gasteiger charge is -2.30. The Morgan fingerprint density at radius 2 is 1.85 bits per heavy atom. The van der Waals surface area contributed by atoms with Crippen LogP contribution in [0.15, 0.2) is 30.3 Å². The average Bonchev–Trinajstić information content (AvgIpc) is 3.30. The van der Waals surface area contributed by atoms with E-state index in [4.69, 9.17) is 5.73 Å². The number of carbonyl (C=O) groups excluding carboxylic acids is 3. The van der Waals surface area contributed by atoms with Gasteiger partial charge in [0.2, 0.25) is 17.7 Å². The van der Waals surface area contributed by atoms with Gasteiger partial charge in [-0.25, -0.2) is 4.79 Å². The highest BCUT2D eigenvalue weighted by molar-refractivity contribution is 7.80. The van der Waals surface area contributed by atoms with Gasteiger partial charge in [-0.1, -0.05) is 50.6 Å². The first kappa shape index (κ1) is 26.7. The normalized spacial score (nSPS) is 19.3. The van der Waals surface area contributed by atoms with Crippen LogP contribution in [0.5, 0.6) is 0 Å². The molecule has 10 heteroatoms. The fourth-order valence-electron chi connectivity index (χ4n) is 3.79. The molecule has 182 valence electrons. The Morgan fingerprint density at radius 3 is 2.42 bits per heavy atom. The minimum atomic E-state index is -1.19. The number of hydrogen-bond acceptors (Lipinski definition) is 6. The summed E-state index contributed by atoms with van der Waals surface area (Å²) in [5, 5.41) is 14.4. The summed E-state index contributed by atoms with van der Waals surface area (Å²) in [7, 11) is 0. The van der Waals surface area contributed by atoms with Crippen molar-refractivity contribution in [3.8, 4) is 0 Å². The van der Waals surface area contributed by atoms with E-state index < -0.39 is 42.0 Å². The Hall–Kier alpha value is -2.59. The molecule has 1 aromatic carbocycles. The van der Waals surface area contributed by atoms with Gasteiger partial charge in [0.05, 0.1) is 6.04 Å². The molecule has 5 unspecified atom stereocenters. The lowest BCUT2D eigenvalue weighted by atomic mass is 9.98. The van der Waals surface area contributed by atoms with E-state index in [1.54, 1.807) is 0 Å². The molecule has 0 aliphatic carbocycles. The van der Waals surface area contributed by atoms with Gasteiger partial charge in [-0.15, -0.1) is 0 Å². The zero-order valence-corrected chi connectivity index (χ0v) is 20.0. The number of benzene rings is 1. The Kier molecular flexibility index (Phi) is 10.2. The number of thiol groups is 1. The van der Waals surface area contributed by atoms with Crippen LogP contribution < -0.4 is 16.4 Å². The zero-order valence-electron chi connectivity index (χ0n) is 19.1. The maximum absolute atomic E-state index is 13.5. The van der Waals surface area contributed by atoms with Gasteiger partial charge < -0.3 is 26.4 Å². The molecule has 0 aromatic heterocycles.